The number of nitrogens with one attached hydrogen (secondary N) is 2. The van der Waals surface area contributed by atoms with Gasteiger partial charge in [0.1, 0.15) is 0 Å². The highest BCUT2D eigenvalue weighted by atomic mass is 16.2. The van der Waals surface area contributed by atoms with E-state index < -0.39 is 0 Å². The molecule has 3 nitrogen and oxygen atoms in total. The number of anilines is 1. The molecule has 4 atom stereocenters. The number of carbonyl (C=O) groups excluding carboxylic acids is 1. The molecule has 2 amide bonds. The van der Waals surface area contributed by atoms with Gasteiger partial charge in [0.15, 0.2) is 0 Å². The average molecular weight is 308 g/mol. The van der Waals surface area contributed by atoms with Gasteiger partial charge in [-0.1, -0.05) is 42.8 Å². The van der Waals surface area contributed by atoms with E-state index in [4.69, 9.17) is 0 Å². The first-order valence-corrected chi connectivity index (χ1v) is 8.76. The maximum Gasteiger partial charge on any atom is 0.319 e. The normalized spacial score (nSPS) is 27.1. The molecular formula is C20H24N2O. The summed E-state index contributed by atoms with van der Waals surface area (Å²) >= 11 is 0. The van der Waals surface area contributed by atoms with Gasteiger partial charge in [-0.3, -0.25) is 0 Å². The van der Waals surface area contributed by atoms with Crippen LogP contribution in [0, 0.1) is 17.8 Å². The van der Waals surface area contributed by atoms with E-state index in [9.17, 15) is 4.79 Å². The molecule has 0 aromatic heterocycles. The third-order valence-electron chi connectivity index (χ3n) is 5.83. The molecule has 2 aliphatic carbocycles. The van der Waals surface area contributed by atoms with Gasteiger partial charge in [-0.25, -0.2) is 4.79 Å². The van der Waals surface area contributed by atoms with E-state index >= 15 is 0 Å². The zero-order chi connectivity index (χ0) is 15.8. The Balaban J connectivity index is 1.43. The molecule has 2 N–H and O–H groups in total. The van der Waals surface area contributed by atoms with E-state index in [1.165, 1.54) is 25.7 Å². The summed E-state index contributed by atoms with van der Waals surface area (Å²) in [7, 11) is 0. The van der Waals surface area contributed by atoms with Crippen molar-refractivity contribution in [3.8, 4) is 0 Å². The van der Waals surface area contributed by atoms with Crippen LogP contribution in [0.1, 0.15) is 32.6 Å². The Hall–Kier alpha value is -2.03. The second-order valence-electron chi connectivity index (χ2n) is 7.25. The molecule has 2 fully saturated rings. The highest BCUT2D eigenvalue weighted by Gasteiger charge is 2.42. The van der Waals surface area contributed by atoms with Crippen LogP contribution in [0.15, 0.2) is 42.5 Å². The predicted octanol–water partition coefficient (Wildman–Crippen LogP) is 4.79. The highest BCUT2D eigenvalue weighted by Crippen LogP contribution is 2.49. The third kappa shape index (κ3) is 2.80. The Morgan fingerprint density at radius 2 is 1.91 bits per heavy atom. The van der Waals surface area contributed by atoms with Gasteiger partial charge in [0.05, 0.1) is 5.69 Å². The standard InChI is InChI=1S/C20H24N2O/c1-13(18-12-14-9-10-16(18)11-14)21-20(23)22-19-8-4-6-15-5-2-3-7-17(15)19/h2-8,13-14,16,18H,9-12H2,1H3,(H2,21,22,23). The summed E-state index contributed by atoms with van der Waals surface area (Å²) in [5.74, 6) is 2.40. The lowest BCUT2D eigenvalue weighted by Gasteiger charge is -2.28. The van der Waals surface area contributed by atoms with Crippen LogP contribution in [0.5, 0.6) is 0 Å². The summed E-state index contributed by atoms with van der Waals surface area (Å²) in [4.78, 5) is 12.4. The molecule has 2 aliphatic rings. The Morgan fingerprint density at radius 1 is 1.09 bits per heavy atom. The smallest absolute Gasteiger partial charge is 0.319 e. The van der Waals surface area contributed by atoms with Crippen molar-refractivity contribution in [3.05, 3.63) is 42.5 Å². The maximum atomic E-state index is 12.4. The number of carbonyl (C=O) groups is 1. The first-order chi connectivity index (χ1) is 11.2. The van der Waals surface area contributed by atoms with E-state index in [-0.39, 0.29) is 12.1 Å². The Morgan fingerprint density at radius 3 is 2.70 bits per heavy atom. The summed E-state index contributed by atoms with van der Waals surface area (Å²) in [6.45, 7) is 2.16. The van der Waals surface area contributed by atoms with Gasteiger partial charge < -0.3 is 10.6 Å². The van der Waals surface area contributed by atoms with Gasteiger partial charge in [0.2, 0.25) is 0 Å². The van der Waals surface area contributed by atoms with Crippen molar-refractivity contribution in [2.24, 2.45) is 17.8 Å². The molecule has 4 unspecified atom stereocenters. The molecule has 23 heavy (non-hydrogen) atoms. The summed E-state index contributed by atoms with van der Waals surface area (Å²) in [5.41, 5.74) is 0.876. The summed E-state index contributed by atoms with van der Waals surface area (Å²) in [6, 6.07) is 14.3. The number of fused-ring (bicyclic) bond motifs is 3. The average Bonchev–Trinajstić information content (AvgIpc) is 3.18. The molecule has 0 aliphatic heterocycles. The molecule has 2 aromatic rings. The minimum atomic E-state index is -0.0865. The van der Waals surface area contributed by atoms with E-state index in [1.54, 1.807) is 0 Å². The van der Waals surface area contributed by atoms with Crippen LogP contribution in [-0.2, 0) is 0 Å². The van der Waals surface area contributed by atoms with E-state index in [1.807, 2.05) is 30.3 Å². The lowest BCUT2D eigenvalue weighted by atomic mass is 9.84. The third-order valence-corrected chi connectivity index (χ3v) is 5.83. The quantitative estimate of drug-likeness (QED) is 0.841. The van der Waals surface area contributed by atoms with E-state index in [2.05, 4.69) is 29.7 Å². The Kier molecular flexibility index (Phi) is 3.72. The number of hydrogen-bond donors (Lipinski definition) is 2. The van der Waals surface area contributed by atoms with Crippen molar-refractivity contribution in [2.45, 2.75) is 38.6 Å². The molecule has 3 heteroatoms. The number of amides is 2. The predicted molar refractivity (Wildman–Crippen MR) is 94.5 cm³/mol. The van der Waals surface area contributed by atoms with Gasteiger partial charge in [0.25, 0.3) is 0 Å². The van der Waals surface area contributed by atoms with Gasteiger partial charge in [-0.15, -0.1) is 0 Å². The number of hydrogen-bond acceptors (Lipinski definition) is 1. The van der Waals surface area contributed by atoms with Crippen molar-refractivity contribution in [1.82, 2.24) is 5.32 Å². The molecule has 2 bridgehead atoms. The fourth-order valence-electron chi connectivity index (χ4n) is 4.71. The van der Waals surface area contributed by atoms with Crippen molar-refractivity contribution >= 4 is 22.5 Å². The molecular weight excluding hydrogens is 284 g/mol. The molecule has 4 rings (SSSR count). The van der Waals surface area contributed by atoms with Crippen LogP contribution in [0.3, 0.4) is 0 Å². The Bertz CT molecular complexity index is 721. The SMILES string of the molecule is CC(NC(=O)Nc1cccc2ccccc12)C1CC2CCC1C2. The number of rotatable bonds is 3. The zero-order valence-corrected chi connectivity index (χ0v) is 13.6. The minimum Gasteiger partial charge on any atom is -0.335 e. The zero-order valence-electron chi connectivity index (χ0n) is 13.6. The first-order valence-electron chi connectivity index (χ1n) is 8.76. The fourth-order valence-corrected chi connectivity index (χ4v) is 4.71. The van der Waals surface area contributed by atoms with Crippen LogP contribution in [-0.4, -0.2) is 12.1 Å². The minimum absolute atomic E-state index is 0.0865. The van der Waals surface area contributed by atoms with Crippen molar-refractivity contribution in [3.63, 3.8) is 0 Å². The van der Waals surface area contributed by atoms with Crippen molar-refractivity contribution in [1.29, 1.82) is 0 Å². The lowest BCUT2D eigenvalue weighted by molar-refractivity contribution is 0.230. The second-order valence-corrected chi connectivity index (χ2v) is 7.25. The van der Waals surface area contributed by atoms with Gasteiger partial charge in [0, 0.05) is 11.4 Å². The molecule has 120 valence electrons. The van der Waals surface area contributed by atoms with Gasteiger partial charge >= 0.3 is 6.03 Å². The second kappa shape index (κ2) is 5.88. The monoisotopic (exact) mass is 308 g/mol. The van der Waals surface area contributed by atoms with Crippen molar-refractivity contribution in [2.75, 3.05) is 5.32 Å². The van der Waals surface area contributed by atoms with Crippen LogP contribution >= 0.6 is 0 Å². The van der Waals surface area contributed by atoms with Crippen LogP contribution in [0.2, 0.25) is 0 Å². The fraction of sp³-hybridized carbons (Fsp3) is 0.450. The molecule has 0 heterocycles. The molecule has 2 aromatic carbocycles. The van der Waals surface area contributed by atoms with Crippen LogP contribution < -0.4 is 10.6 Å². The number of benzene rings is 2. The topological polar surface area (TPSA) is 41.1 Å². The highest BCUT2D eigenvalue weighted by molar-refractivity contribution is 6.01. The first kappa shape index (κ1) is 14.6. The molecule has 0 saturated heterocycles. The summed E-state index contributed by atoms with van der Waals surface area (Å²) in [6.07, 6.45) is 5.42. The largest absolute Gasteiger partial charge is 0.335 e. The molecule has 0 radical (unpaired) electrons. The number of urea groups is 1. The van der Waals surface area contributed by atoms with Gasteiger partial charge in [-0.2, -0.15) is 0 Å². The maximum absolute atomic E-state index is 12.4. The summed E-state index contributed by atoms with van der Waals surface area (Å²) in [5, 5.41) is 8.43. The molecule has 2 saturated carbocycles. The van der Waals surface area contributed by atoms with Crippen LogP contribution in [0.25, 0.3) is 10.8 Å². The van der Waals surface area contributed by atoms with Crippen molar-refractivity contribution < 1.29 is 4.79 Å². The summed E-state index contributed by atoms with van der Waals surface area (Å²) < 4.78 is 0. The van der Waals surface area contributed by atoms with Gasteiger partial charge in [-0.05, 0) is 55.4 Å². The van der Waals surface area contributed by atoms with Crippen LogP contribution in [0.4, 0.5) is 10.5 Å². The van der Waals surface area contributed by atoms with E-state index in [0.29, 0.717) is 5.92 Å². The lowest BCUT2D eigenvalue weighted by Crippen LogP contribution is -2.42. The van der Waals surface area contributed by atoms with E-state index in [0.717, 1.165) is 28.3 Å². The molecule has 0 spiro atoms. The Labute approximate surface area is 137 Å².